The van der Waals surface area contributed by atoms with Crippen LogP contribution in [0.1, 0.15) is 29.3 Å². The first-order valence-corrected chi connectivity index (χ1v) is 4.46. The predicted octanol–water partition coefficient (Wildman–Crippen LogP) is 2.72. The maximum atomic E-state index is 13.5. The van der Waals surface area contributed by atoms with Crippen molar-refractivity contribution in [2.45, 2.75) is 18.3 Å². The van der Waals surface area contributed by atoms with Crippen LogP contribution in [0.5, 0.6) is 0 Å². The molecule has 1 N–H and O–H groups in total. The Hall–Kier alpha value is -1.33. The molecular formula is C9H6F4N2. The van der Waals surface area contributed by atoms with Gasteiger partial charge in [-0.3, -0.25) is 5.10 Å². The molecule has 0 aromatic carbocycles. The number of hydrogen-bond donors (Lipinski definition) is 1. The number of allylic oxidation sites excluding steroid dienone is 2. The predicted molar refractivity (Wildman–Crippen MR) is 42.8 cm³/mol. The lowest BCUT2D eigenvalue weighted by Gasteiger charge is -2.26. The first-order valence-electron chi connectivity index (χ1n) is 4.46. The van der Waals surface area contributed by atoms with Crippen LogP contribution >= 0.6 is 0 Å². The van der Waals surface area contributed by atoms with E-state index in [0.717, 1.165) is 0 Å². The van der Waals surface area contributed by atoms with Crippen molar-refractivity contribution in [2.75, 3.05) is 0 Å². The fourth-order valence-electron chi connectivity index (χ4n) is 2.24. The minimum atomic E-state index is -3.11. The summed E-state index contributed by atoms with van der Waals surface area (Å²) in [5.41, 5.74) is -0.998. The van der Waals surface area contributed by atoms with Crippen LogP contribution in [0.25, 0.3) is 0 Å². The highest BCUT2D eigenvalue weighted by molar-refractivity contribution is 5.48. The highest BCUT2D eigenvalue weighted by Gasteiger charge is 2.59. The Morgan fingerprint density at radius 2 is 2.07 bits per heavy atom. The molecule has 2 atom stereocenters. The van der Waals surface area contributed by atoms with E-state index in [0.29, 0.717) is 0 Å². The van der Waals surface area contributed by atoms with Crippen LogP contribution in [-0.2, 0) is 5.92 Å². The van der Waals surface area contributed by atoms with E-state index in [2.05, 4.69) is 5.10 Å². The fraction of sp³-hybridized carbons (Fsp3) is 0.444. The molecule has 15 heavy (non-hydrogen) atoms. The van der Waals surface area contributed by atoms with E-state index in [9.17, 15) is 17.6 Å². The largest absolute Gasteiger partial charge is 0.298 e. The maximum Gasteiger partial charge on any atom is 0.298 e. The molecule has 0 unspecified atom stereocenters. The second-order valence-electron chi connectivity index (χ2n) is 3.76. The summed E-state index contributed by atoms with van der Waals surface area (Å²) in [5.74, 6) is -4.70. The van der Waals surface area contributed by atoms with Gasteiger partial charge in [-0.25, -0.2) is 8.78 Å². The SMILES string of the molecule is FC(F)c1[nH]nc2c1[C@H]1C=C[C@H]1C2(F)F. The number of H-pyrrole nitrogens is 1. The first kappa shape index (κ1) is 8.94. The molecule has 0 saturated carbocycles. The van der Waals surface area contributed by atoms with Crippen molar-refractivity contribution in [1.29, 1.82) is 0 Å². The third kappa shape index (κ3) is 0.872. The van der Waals surface area contributed by atoms with Crippen molar-refractivity contribution in [2.24, 2.45) is 5.92 Å². The molecule has 0 bridgehead atoms. The fourth-order valence-corrected chi connectivity index (χ4v) is 2.24. The highest BCUT2D eigenvalue weighted by atomic mass is 19.3. The summed E-state index contributed by atoms with van der Waals surface area (Å²) in [5, 5.41) is 5.32. The Bertz CT molecular complexity index is 449. The quantitative estimate of drug-likeness (QED) is 0.569. The second kappa shape index (κ2) is 2.43. The zero-order valence-electron chi connectivity index (χ0n) is 7.35. The molecule has 1 heterocycles. The van der Waals surface area contributed by atoms with Gasteiger partial charge in [-0.15, -0.1) is 0 Å². The van der Waals surface area contributed by atoms with E-state index in [1.165, 1.54) is 12.2 Å². The van der Waals surface area contributed by atoms with Crippen LogP contribution in [0.2, 0.25) is 0 Å². The van der Waals surface area contributed by atoms with Gasteiger partial charge < -0.3 is 0 Å². The number of aromatic amines is 1. The summed E-state index contributed by atoms with van der Waals surface area (Å²) >= 11 is 0. The number of hydrogen-bond acceptors (Lipinski definition) is 1. The Morgan fingerprint density at radius 3 is 2.60 bits per heavy atom. The van der Waals surface area contributed by atoms with Gasteiger partial charge in [0, 0.05) is 11.5 Å². The van der Waals surface area contributed by atoms with Gasteiger partial charge in [0.2, 0.25) is 0 Å². The van der Waals surface area contributed by atoms with Crippen LogP contribution in [0.3, 0.4) is 0 Å². The topological polar surface area (TPSA) is 28.7 Å². The summed E-state index contributed by atoms with van der Waals surface area (Å²) < 4.78 is 52.0. The summed E-state index contributed by atoms with van der Waals surface area (Å²) in [6.45, 7) is 0. The normalized spacial score (nSPS) is 30.2. The molecule has 0 spiro atoms. The lowest BCUT2D eigenvalue weighted by atomic mass is 9.81. The molecule has 2 aliphatic rings. The van der Waals surface area contributed by atoms with E-state index in [-0.39, 0.29) is 5.56 Å². The van der Waals surface area contributed by atoms with Crippen LogP contribution in [0.15, 0.2) is 12.2 Å². The third-order valence-electron chi connectivity index (χ3n) is 3.03. The van der Waals surface area contributed by atoms with E-state index in [1.807, 2.05) is 5.10 Å². The van der Waals surface area contributed by atoms with E-state index >= 15 is 0 Å². The van der Waals surface area contributed by atoms with E-state index in [4.69, 9.17) is 0 Å². The van der Waals surface area contributed by atoms with E-state index in [1.54, 1.807) is 0 Å². The van der Waals surface area contributed by atoms with Gasteiger partial charge in [0.05, 0.1) is 5.92 Å². The number of alkyl halides is 4. The van der Waals surface area contributed by atoms with Gasteiger partial charge in [0.15, 0.2) is 0 Å². The highest BCUT2D eigenvalue weighted by Crippen LogP contribution is 2.58. The van der Waals surface area contributed by atoms with Gasteiger partial charge in [0.1, 0.15) is 11.4 Å². The number of halogens is 4. The molecule has 0 amide bonds. The molecule has 0 aliphatic heterocycles. The van der Waals surface area contributed by atoms with Crippen LogP contribution in [0.4, 0.5) is 17.6 Å². The van der Waals surface area contributed by atoms with E-state index < -0.39 is 35.6 Å². The van der Waals surface area contributed by atoms with Crippen molar-refractivity contribution in [1.82, 2.24) is 10.2 Å². The van der Waals surface area contributed by atoms with Gasteiger partial charge >= 0.3 is 0 Å². The average molecular weight is 218 g/mol. The van der Waals surface area contributed by atoms with Crippen molar-refractivity contribution in [3.05, 3.63) is 29.1 Å². The molecule has 0 saturated heterocycles. The Morgan fingerprint density at radius 1 is 1.33 bits per heavy atom. The summed E-state index contributed by atoms with van der Waals surface area (Å²) in [4.78, 5) is 0. The molecule has 2 aliphatic carbocycles. The van der Waals surface area contributed by atoms with Gasteiger partial charge in [-0.05, 0) is 0 Å². The van der Waals surface area contributed by atoms with Crippen molar-refractivity contribution >= 4 is 0 Å². The third-order valence-corrected chi connectivity index (χ3v) is 3.03. The molecule has 6 heteroatoms. The Labute approximate surface area is 82.0 Å². The van der Waals surface area contributed by atoms with Crippen molar-refractivity contribution < 1.29 is 17.6 Å². The Balaban J connectivity index is 2.20. The molecule has 3 rings (SSSR count). The summed E-state index contributed by atoms with van der Waals surface area (Å²) in [7, 11) is 0. The lowest BCUT2D eigenvalue weighted by molar-refractivity contribution is -0.0476. The Kier molecular flexibility index (Phi) is 1.45. The number of aromatic nitrogens is 2. The molecule has 0 fully saturated rings. The van der Waals surface area contributed by atoms with Crippen molar-refractivity contribution in [3.8, 4) is 0 Å². The monoisotopic (exact) mass is 218 g/mol. The smallest absolute Gasteiger partial charge is 0.276 e. The van der Waals surface area contributed by atoms with Crippen molar-refractivity contribution in [3.63, 3.8) is 0 Å². The zero-order chi connectivity index (χ0) is 10.8. The number of nitrogens with one attached hydrogen (secondary N) is 1. The van der Waals surface area contributed by atoms with Gasteiger partial charge in [-0.1, -0.05) is 12.2 Å². The first-order chi connectivity index (χ1) is 7.03. The average Bonchev–Trinajstić information content (AvgIpc) is 2.50. The van der Waals surface area contributed by atoms with Gasteiger partial charge in [-0.2, -0.15) is 13.9 Å². The second-order valence-corrected chi connectivity index (χ2v) is 3.76. The molecule has 1 aromatic rings. The van der Waals surface area contributed by atoms with Crippen LogP contribution in [0, 0.1) is 5.92 Å². The molecule has 1 aromatic heterocycles. The standard InChI is InChI=1S/C9H6F4N2/c10-8(11)6-5-3-1-2-4(3)9(12,13)7(5)15-14-6/h1-4,8H,(H,14,15)/t3-,4+/m0/s1. The molecule has 2 nitrogen and oxygen atoms in total. The molecule has 80 valence electrons. The zero-order valence-corrected chi connectivity index (χ0v) is 7.35. The number of nitrogens with zero attached hydrogens (tertiary/aromatic N) is 1. The minimum Gasteiger partial charge on any atom is -0.276 e. The van der Waals surface area contributed by atoms with Crippen LogP contribution in [-0.4, -0.2) is 10.2 Å². The van der Waals surface area contributed by atoms with Gasteiger partial charge in [0.25, 0.3) is 12.3 Å². The molecular weight excluding hydrogens is 212 g/mol. The number of fused-ring (bicyclic) bond motifs is 3. The summed E-state index contributed by atoms with van der Waals surface area (Å²) in [6.07, 6.45) is 0.0812. The lowest BCUT2D eigenvalue weighted by Crippen LogP contribution is -2.26. The maximum absolute atomic E-state index is 13.5. The number of rotatable bonds is 1. The van der Waals surface area contributed by atoms with Crippen LogP contribution < -0.4 is 0 Å². The summed E-state index contributed by atoms with van der Waals surface area (Å²) in [6, 6.07) is 0. The minimum absolute atomic E-state index is 0.0116. The molecule has 0 radical (unpaired) electrons.